The molecule has 0 saturated heterocycles. The fourth-order valence-electron chi connectivity index (χ4n) is 3.13. The van der Waals surface area contributed by atoms with Crippen molar-refractivity contribution in [2.24, 2.45) is 0 Å². The third-order valence-corrected chi connectivity index (χ3v) is 6.16. The van der Waals surface area contributed by atoms with Gasteiger partial charge >= 0.3 is 129 Å². The van der Waals surface area contributed by atoms with Crippen molar-refractivity contribution in [1.82, 2.24) is 0 Å². The first-order valence-corrected chi connectivity index (χ1v) is 8.46. The van der Waals surface area contributed by atoms with E-state index in [1.165, 1.54) is 27.8 Å². The quantitative estimate of drug-likeness (QED) is 0.348. The Morgan fingerprint density at radius 3 is 2.38 bits per heavy atom. The van der Waals surface area contributed by atoms with Crippen molar-refractivity contribution in [3.63, 3.8) is 0 Å². The summed E-state index contributed by atoms with van der Waals surface area (Å²) in [5.41, 5.74) is 8.96. The third-order valence-electron chi connectivity index (χ3n) is 4.10. The Balaban J connectivity index is 0.000000807. The van der Waals surface area contributed by atoms with E-state index in [9.17, 15) is 0 Å². The predicted octanol–water partition coefficient (Wildman–Crippen LogP) is -2.22. The molecule has 2 aromatic carbocycles. The monoisotopic (exact) mass is 479 g/mol. The molecule has 0 unspecified atom stereocenters. The zero-order valence-electron chi connectivity index (χ0n) is 11.4. The van der Waals surface area contributed by atoms with Gasteiger partial charge in [-0.3, -0.25) is 0 Å². The summed E-state index contributed by atoms with van der Waals surface area (Å²) in [5.74, 6) is 0. The van der Waals surface area contributed by atoms with Crippen LogP contribution >= 0.6 is 0 Å². The van der Waals surface area contributed by atoms with E-state index in [4.69, 9.17) is 0 Å². The van der Waals surface area contributed by atoms with Crippen LogP contribution in [0.2, 0.25) is 0 Å². The number of allylic oxidation sites excluding steroid dienone is 4. The van der Waals surface area contributed by atoms with Gasteiger partial charge in [-0.25, -0.2) is 0 Å². The second-order valence-corrected chi connectivity index (χ2v) is 6.97. The molecule has 4 rings (SSSR count). The normalized spacial score (nSPS) is 13.9. The molecule has 103 valence electrons. The third kappa shape index (κ3) is 2.72. The van der Waals surface area contributed by atoms with Gasteiger partial charge in [0, 0.05) is 0 Å². The summed E-state index contributed by atoms with van der Waals surface area (Å²) in [6, 6.07) is 13.5. The van der Waals surface area contributed by atoms with E-state index in [0.29, 0.717) is 0 Å². The molecule has 0 bridgehead atoms. The molecule has 2 aromatic rings. The second kappa shape index (κ2) is 6.64. The van der Waals surface area contributed by atoms with Crippen LogP contribution in [0, 0.1) is 0 Å². The van der Waals surface area contributed by atoms with Crippen LogP contribution in [0.3, 0.4) is 0 Å². The molecule has 0 amide bonds. The zero-order valence-corrected chi connectivity index (χ0v) is 16.5. The molecule has 2 aliphatic rings. The summed E-state index contributed by atoms with van der Waals surface area (Å²) in [4.78, 5) is 0. The van der Waals surface area contributed by atoms with Crippen LogP contribution in [0.5, 0.6) is 0 Å². The van der Waals surface area contributed by atoms with Gasteiger partial charge in [0.2, 0.25) is 0 Å². The molecule has 2 aliphatic carbocycles. The molecular formula is C18H13Cl2Hf. The van der Waals surface area contributed by atoms with Crippen molar-refractivity contribution in [3.8, 4) is 11.1 Å². The van der Waals surface area contributed by atoms with E-state index in [1.807, 2.05) is 0 Å². The van der Waals surface area contributed by atoms with E-state index >= 15 is 0 Å². The summed E-state index contributed by atoms with van der Waals surface area (Å²) in [5, 5.41) is 0. The molecule has 0 spiro atoms. The Kier molecular flexibility index (Phi) is 5.29. The molecule has 21 heavy (non-hydrogen) atoms. The van der Waals surface area contributed by atoms with Crippen LogP contribution in [0.15, 0.2) is 54.6 Å². The van der Waals surface area contributed by atoms with Crippen molar-refractivity contribution >= 4 is 8.89 Å². The van der Waals surface area contributed by atoms with Crippen LogP contribution in [-0.2, 0) is 30.8 Å². The average molecular weight is 479 g/mol. The van der Waals surface area contributed by atoms with Gasteiger partial charge in [0.15, 0.2) is 0 Å². The number of hydrogen-bond acceptors (Lipinski definition) is 0. The van der Waals surface area contributed by atoms with Crippen LogP contribution in [0.1, 0.15) is 23.1 Å². The first kappa shape index (κ1) is 16.7. The SMILES string of the molecule is [Cl-].[Cl-].[Hf+2][c]1c(C2=CC=CC2)ccc2c1Cc1ccccc1-2. The van der Waals surface area contributed by atoms with Gasteiger partial charge in [0.25, 0.3) is 0 Å². The maximum absolute atomic E-state index is 2.34. The van der Waals surface area contributed by atoms with Gasteiger partial charge in [-0.15, -0.1) is 0 Å². The van der Waals surface area contributed by atoms with Gasteiger partial charge in [-0.1, -0.05) is 0 Å². The van der Waals surface area contributed by atoms with Crippen molar-refractivity contribution in [3.05, 3.63) is 71.3 Å². The first-order valence-electron chi connectivity index (χ1n) is 6.66. The molecule has 0 heterocycles. The van der Waals surface area contributed by atoms with Crippen LogP contribution < -0.4 is 28.1 Å². The molecule has 0 nitrogen and oxygen atoms in total. The summed E-state index contributed by atoms with van der Waals surface area (Å²) in [7, 11) is 0. The number of halogens is 2. The molecule has 0 fully saturated rings. The maximum atomic E-state index is 2.34. The summed E-state index contributed by atoms with van der Waals surface area (Å²) in [6.07, 6.45) is 8.92. The fourth-order valence-corrected chi connectivity index (χ4v) is 4.80. The number of rotatable bonds is 1. The van der Waals surface area contributed by atoms with E-state index in [1.54, 1.807) is 8.88 Å². The average Bonchev–Trinajstić information content (AvgIpc) is 3.06. The Morgan fingerprint density at radius 2 is 1.62 bits per heavy atom. The molecule has 0 saturated carbocycles. The van der Waals surface area contributed by atoms with E-state index in [2.05, 4.69) is 54.6 Å². The van der Waals surface area contributed by atoms with Gasteiger partial charge in [0.1, 0.15) is 0 Å². The van der Waals surface area contributed by atoms with E-state index in [0.717, 1.165) is 37.2 Å². The predicted molar refractivity (Wildman–Crippen MR) is 76.1 cm³/mol. The number of fused-ring (bicyclic) bond motifs is 3. The minimum absolute atomic E-state index is 0. The second-order valence-electron chi connectivity index (χ2n) is 5.17. The summed E-state index contributed by atoms with van der Waals surface area (Å²) in [6.45, 7) is 0. The topological polar surface area (TPSA) is 0 Å². The van der Waals surface area contributed by atoms with E-state index < -0.39 is 0 Å². The summed E-state index contributed by atoms with van der Waals surface area (Å²) < 4.78 is 1.60. The Morgan fingerprint density at radius 1 is 0.857 bits per heavy atom. The Labute approximate surface area is 152 Å². The molecule has 0 aromatic heterocycles. The van der Waals surface area contributed by atoms with Crippen LogP contribution in [0.4, 0.5) is 0 Å². The van der Waals surface area contributed by atoms with Gasteiger partial charge < -0.3 is 24.8 Å². The van der Waals surface area contributed by atoms with Crippen LogP contribution in [0.25, 0.3) is 16.7 Å². The first-order chi connectivity index (χ1) is 9.34. The fraction of sp³-hybridized carbons (Fsp3) is 0.111. The molecule has 0 radical (unpaired) electrons. The standard InChI is InChI=1S/C18H13.2ClH.Hf/c1-2-6-13(5-1)14-9-10-18-16(11-14)12-15-7-3-4-8-17(15)18;;;/h1-5,7-10H,6,12H2;2*1H;/q;;;+2/p-2. The van der Waals surface area contributed by atoms with Crippen molar-refractivity contribution < 1.29 is 49.2 Å². The molecule has 0 aliphatic heterocycles. The zero-order chi connectivity index (χ0) is 12.8. The van der Waals surface area contributed by atoms with Crippen molar-refractivity contribution in [2.45, 2.75) is 12.8 Å². The molecule has 0 atom stereocenters. The van der Waals surface area contributed by atoms with Crippen molar-refractivity contribution in [1.29, 1.82) is 0 Å². The summed E-state index contributed by atoms with van der Waals surface area (Å²) >= 11 is 1.12. The van der Waals surface area contributed by atoms with Gasteiger partial charge in [-0.2, -0.15) is 0 Å². The minimum atomic E-state index is 0. The Hall–Kier alpha value is -0.630. The van der Waals surface area contributed by atoms with Crippen LogP contribution in [-0.4, -0.2) is 0 Å². The molecular weight excluding hydrogens is 466 g/mol. The number of benzene rings is 2. The Bertz CT molecular complexity index is 745. The van der Waals surface area contributed by atoms with Gasteiger partial charge in [0.05, 0.1) is 0 Å². The number of hydrogen-bond donors (Lipinski definition) is 0. The van der Waals surface area contributed by atoms with E-state index in [-0.39, 0.29) is 24.8 Å². The van der Waals surface area contributed by atoms with Crippen molar-refractivity contribution in [2.75, 3.05) is 0 Å². The van der Waals surface area contributed by atoms with Gasteiger partial charge in [-0.05, 0) is 0 Å². The molecule has 3 heteroatoms. The molecule has 0 N–H and O–H groups in total.